The van der Waals surface area contributed by atoms with Crippen LogP contribution in [0.1, 0.15) is 30.2 Å². The molecular weight excluding hydrogens is 523 g/mol. The molecule has 0 spiro atoms. The number of hydrogen-bond acceptors (Lipinski definition) is 6. The number of nitrogens with one attached hydrogen (secondary N) is 1. The molecule has 0 radical (unpaired) electrons. The number of hydrogen-bond donors (Lipinski definition) is 4. The number of nitrogens with two attached hydrogens (primary N) is 1. The topological polar surface area (TPSA) is 130 Å². The summed E-state index contributed by atoms with van der Waals surface area (Å²) < 4.78 is 15.2. The number of phenols is 2. The molecule has 0 bridgehead atoms. The van der Waals surface area contributed by atoms with E-state index in [0.717, 1.165) is 5.56 Å². The molecule has 0 aliphatic carbocycles. The number of phenolic OH excluding ortho intramolecular Hbond substituents is 2. The van der Waals surface area contributed by atoms with E-state index >= 15 is 0 Å². The molecule has 9 heteroatoms. The van der Waals surface area contributed by atoms with Gasteiger partial charge in [-0.3, -0.25) is 9.59 Å². The zero-order valence-electron chi connectivity index (χ0n) is 22.3. The zero-order valence-corrected chi connectivity index (χ0v) is 22.3. The summed E-state index contributed by atoms with van der Waals surface area (Å²) in [4.78, 5) is 30.8. The maximum Gasteiger partial charge on any atom is 0.261 e. The van der Waals surface area contributed by atoms with E-state index < -0.39 is 17.2 Å². The van der Waals surface area contributed by atoms with Crippen LogP contribution in [0.3, 0.4) is 0 Å². The Hall–Kier alpha value is -5.44. The maximum absolute atomic E-state index is 13.5. The van der Waals surface area contributed by atoms with Crippen LogP contribution < -0.4 is 16.5 Å². The quantitative estimate of drug-likeness (QED) is 0.186. The predicted octanol–water partition coefficient (Wildman–Crippen LogP) is 6.21. The molecule has 2 aromatic heterocycles. The van der Waals surface area contributed by atoms with Gasteiger partial charge in [0.25, 0.3) is 5.91 Å². The summed E-state index contributed by atoms with van der Waals surface area (Å²) >= 11 is 0. The minimum Gasteiger partial charge on any atom is -0.504 e. The highest BCUT2D eigenvalue weighted by Gasteiger charge is 2.18. The first-order valence-electron chi connectivity index (χ1n) is 12.8. The van der Waals surface area contributed by atoms with Gasteiger partial charge in [-0.2, -0.15) is 0 Å². The molecule has 0 aliphatic rings. The van der Waals surface area contributed by atoms with Crippen molar-refractivity contribution < 1.29 is 19.4 Å². The first-order valence-corrected chi connectivity index (χ1v) is 12.8. The van der Waals surface area contributed by atoms with Gasteiger partial charge in [-0.1, -0.05) is 30.3 Å². The number of anilines is 2. The Balaban J connectivity index is 1.43. The van der Waals surface area contributed by atoms with Crippen molar-refractivity contribution in [2.45, 2.75) is 19.9 Å². The molecule has 2 heterocycles. The summed E-state index contributed by atoms with van der Waals surface area (Å²) in [6, 6.07) is 18.8. The molecule has 3 aromatic carbocycles. The van der Waals surface area contributed by atoms with Crippen molar-refractivity contribution in [3.8, 4) is 44.9 Å². The van der Waals surface area contributed by atoms with E-state index in [-0.39, 0.29) is 23.1 Å². The minimum atomic E-state index is -0.573. The lowest BCUT2D eigenvalue weighted by Crippen LogP contribution is -2.25. The molecule has 5 rings (SSSR count). The molecule has 8 nitrogen and oxygen atoms in total. The van der Waals surface area contributed by atoms with Crippen molar-refractivity contribution in [1.29, 1.82) is 0 Å². The average molecular weight is 551 g/mol. The van der Waals surface area contributed by atoms with Crippen LogP contribution in [0.25, 0.3) is 33.4 Å². The fraction of sp³-hybridized carbons (Fsp3) is 0.0938. The highest BCUT2D eigenvalue weighted by Crippen LogP contribution is 2.34. The molecule has 1 amide bonds. The summed E-state index contributed by atoms with van der Waals surface area (Å²) in [7, 11) is 0. The summed E-state index contributed by atoms with van der Waals surface area (Å²) in [5.41, 5.74) is 9.63. The number of nitrogen functional groups attached to an aromatic ring is 1. The Labute approximate surface area is 235 Å². The second kappa shape index (κ2) is 11.0. The van der Waals surface area contributed by atoms with E-state index in [0.29, 0.717) is 39.3 Å². The minimum absolute atomic E-state index is 0.0268. The van der Waals surface area contributed by atoms with Crippen molar-refractivity contribution >= 4 is 17.4 Å². The van der Waals surface area contributed by atoms with Gasteiger partial charge in [-0.15, -0.1) is 0 Å². The number of nitrogens with zero attached hydrogens (tertiary/aromatic N) is 2. The van der Waals surface area contributed by atoms with Crippen LogP contribution >= 0.6 is 0 Å². The highest BCUT2D eigenvalue weighted by molar-refractivity contribution is 6.04. The molecule has 0 aliphatic heterocycles. The highest BCUT2D eigenvalue weighted by atomic mass is 19.1. The van der Waals surface area contributed by atoms with E-state index in [1.54, 1.807) is 47.3 Å². The van der Waals surface area contributed by atoms with Gasteiger partial charge in [0.05, 0.1) is 0 Å². The third-order valence-electron chi connectivity index (χ3n) is 6.72. The summed E-state index contributed by atoms with van der Waals surface area (Å²) in [6.45, 7) is 3.86. The third-order valence-corrected chi connectivity index (χ3v) is 6.72. The summed E-state index contributed by atoms with van der Waals surface area (Å²) in [5.74, 6) is -1.17. The Bertz CT molecular complexity index is 1810. The Morgan fingerprint density at radius 3 is 2.15 bits per heavy atom. The largest absolute Gasteiger partial charge is 0.504 e. The molecule has 0 saturated heterocycles. The number of rotatable bonds is 6. The van der Waals surface area contributed by atoms with Crippen LogP contribution in [0.4, 0.5) is 15.9 Å². The molecule has 0 fully saturated rings. The van der Waals surface area contributed by atoms with E-state index in [4.69, 9.17) is 5.73 Å². The molecule has 5 aromatic rings. The van der Waals surface area contributed by atoms with Gasteiger partial charge in [0, 0.05) is 47.0 Å². The normalized spacial score (nSPS) is 11.0. The van der Waals surface area contributed by atoms with Gasteiger partial charge in [0.2, 0.25) is 5.43 Å². The monoisotopic (exact) mass is 550 g/mol. The molecular formula is C32H27FN4O4. The lowest BCUT2D eigenvalue weighted by Gasteiger charge is -2.15. The number of carbonyl (C=O) groups is 1. The predicted molar refractivity (Wildman–Crippen MR) is 157 cm³/mol. The first-order chi connectivity index (χ1) is 19.6. The van der Waals surface area contributed by atoms with E-state index in [1.807, 2.05) is 19.9 Å². The smallest absolute Gasteiger partial charge is 0.261 e. The Morgan fingerprint density at radius 1 is 0.854 bits per heavy atom. The molecule has 0 saturated carbocycles. The van der Waals surface area contributed by atoms with Crippen molar-refractivity contribution in [2.75, 3.05) is 11.1 Å². The fourth-order valence-corrected chi connectivity index (χ4v) is 4.39. The second-order valence-corrected chi connectivity index (χ2v) is 9.85. The summed E-state index contributed by atoms with van der Waals surface area (Å²) in [6.07, 6.45) is 4.75. The van der Waals surface area contributed by atoms with Crippen LogP contribution in [0.2, 0.25) is 0 Å². The number of pyridine rings is 2. The van der Waals surface area contributed by atoms with Gasteiger partial charge < -0.3 is 25.8 Å². The Morgan fingerprint density at radius 2 is 1.49 bits per heavy atom. The van der Waals surface area contributed by atoms with E-state index in [2.05, 4.69) is 10.3 Å². The lowest BCUT2D eigenvalue weighted by molar-refractivity contribution is 0.102. The van der Waals surface area contributed by atoms with Crippen LogP contribution in [-0.4, -0.2) is 25.7 Å². The van der Waals surface area contributed by atoms with Crippen molar-refractivity contribution in [1.82, 2.24) is 9.55 Å². The molecule has 0 atom stereocenters. The molecule has 41 heavy (non-hydrogen) atoms. The van der Waals surface area contributed by atoms with Crippen molar-refractivity contribution in [3.05, 3.63) is 113 Å². The molecule has 206 valence electrons. The van der Waals surface area contributed by atoms with Crippen molar-refractivity contribution in [2.24, 2.45) is 0 Å². The van der Waals surface area contributed by atoms with Gasteiger partial charge in [0.15, 0.2) is 11.5 Å². The van der Waals surface area contributed by atoms with Crippen LogP contribution in [0, 0.1) is 5.82 Å². The lowest BCUT2D eigenvalue weighted by atomic mass is 10.0. The number of benzene rings is 3. The van der Waals surface area contributed by atoms with Crippen LogP contribution in [-0.2, 0) is 0 Å². The number of aromatic nitrogens is 2. The standard InChI is InChI=1S/C32H27FN4O4/c1-18(2)37-16-26(20-3-8-23(33)9-4-20)30(40)27(17-37)32(41)36-24-10-5-19(6-11-24)25-13-22(15-35-31(25)34)21-7-12-28(38)29(39)14-21/h3-18,38-39H,1-2H3,(H2,34,35)(H,36,41). The summed E-state index contributed by atoms with van der Waals surface area (Å²) in [5, 5.41) is 22.3. The first kappa shape index (κ1) is 27.1. The van der Waals surface area contributed by atoms with Gasteiger partial charge in [-0.25, -0.2) is 9.37 Å². The maximum atomic E-state index is 13.5. The Kier molecular flexibility index (Phi) is 7.26. The van der Waals surface area contributed by atoms with Gasteiger partial charge in [0.1, 0.15) is 17.2 Å². The van der Waals surface area contributed by atoms with Crippen molar-refractivity contribution in [3.63, 3.8) is 0 Å². The zero-order chi connectivity index (χ0) is 29.3. The number of amides is 1. The second-order valence-electron chi connectivity index (χ2n) is 9.85. The number of halogens is 1. The van der Waals surface area contributed by atoms with Crippen LogP contribution in [0.5, 0.6) is 11.5 Å². The van der Waals surface area contributed by atoms with Gasteiger partial charge in [-0.05, 0) is 73.0 Å². The SMILES string of the molecule is CC(C)n1cc(C(=O)Nc2ccc(-c3cc(-c4ccc(O)c(O)c4)cnc3N)cc2)c(=O)c(-c2ccc(F)cc2)c1. The fourth-order valence-electron chi connectivity index (χ4n) is 4.39. The van der Waals surface area contributed by atoms with E-state index in [9.17, 15) is 24.2 Å². The third kappa shape index (κ3) is 5.65. The molecule has 0 unspecified atom stereocenters. The van der Waals surface area contributed by atoms with Crippen LogP contribution in [0.15, 0.2) is 96.2 Å². The number of carbonyl (C=O) groups excluding carboxylic acids is 1. The average Bonchev–Trinajstić information content (AvgIpc) is 2.96. The molecule has 5 N–H and O–H groups in total. The van der Waals surface area contributed by atoms with Gasteiger partial charge >= 0.3 is 0 Å². The van der Waals surface area contributed by atoms with E-state index in [1.165, 1.54) is 42.6 Å². The number of aromatic hydroxyl groups is 2.